The van der Waals surface area contributed by atoms with Gasteiger partial charge in [0.15, 0.2) is 0 Å². The average molecular weight is 506 g/mol. The molecule has 3 aromatic rings. The maximum atomic E-state index is 14.0. The van der Waals surface area contributed by atoms with E-state index in [2.05, 4.69) is 30.3 Å². The standard InChI is InChI=1S/C33H31NO4/c1-37-25-15-11-21(12-16-25)19-23-7-6-10-27-28(23)20-29-31(30(27)22-13-17-26(38-2)18-14-22)33(36)34(32(29)35)24-8-4-3-5-9-24/h3-5,8-9,11-19,29-31H,6-7,10,20H2,1-2H3/b23-19+. The number of methoxy groups -OCH3 is 2. The molecule has 0 aromatic heterocycles. The Hall–Kier alpha value is -4.12. The Balaban J connectivity index is 1.47. The molecular weight excluding hydrogens is 474 g/mol. The molecule has 0 saturated carbocycles. The van der Waals surface area contributed by atoms with Crippen LogP contribution in [-0.2, 0) is 9.59 Å². The summed E-state index contributed by atoms with van der Waals surface area (Å²) in [5.41, 5.74) is 6.65. The van der Waals surface area contributed by atoms with E-state index in [9.17, 15) is 9.59 Å². The highest BCUT2D eigenvalue weighted by Gasteiger charge is 2.55. The van der Waals surface area contributed by atoms with Crippen molar-refractivity contribution < 1.29 is 19.1 Å². The first-order valence-corrected chi connectivity index (χ1v) is 13.2. The van der Waals surface area contributed by atoms with Gasteiger partial charge in [-0.2, -0.15) is 0 Å². The van der Waals surface area contributed by atoms with Crippen molar-refractivity contribution in [3.8, 4) is 11.5 Å². The van der Waals surface area contributed by atoms with Crippen molar-refractivity contribution in [2.45, 2.75) is 31.6 Å². The van der Waals surface area contributed by atoms with Crippen LogP contribution in [0.5, 0.6) is 11.5 Å². The lowest BCUT2D eigenvalue weighted by Crippen LogP contribution is -2.33. The highest BCUT2D eigenvalue weighted by molar-refractivity contribution is 6.22. The maximum Gasteiger partial charge on any atom is 0.238 e. The van der Waals surface area contributed by atoms with Gasteiger partial charge in [-0.25, -0.2) is 0 Å². The van der Waals surface area contributed by atoms with E-state index in [1.807, 2.05) is 54.6 Å². The lowest BCUT2D eigenvalue weighted by atomic mass is 9.63. The van der Waals surface area contributed by atoms with Gasteiger partial charge in [-0.05, 0) is 84.4 Å². The van der Waals surface area contributed by atoms with Crippen LogP contribution < -0.4 is 14.4 Å². The summed E-state index contributed by atoms with van der Waals surface area (Å²) < 4.78 is 10.7. The van der Waals surface area contributed by atoms with Gasteiger partial charge in [-0.1, -0.05) is 54.1 Å². The second kappa shape index (κ2) is 9.97. The summed E-state index contributed by atoms with van der Waals surface area (Å²) in [5.74, 6) is 0.488. The Kier molecular flexibility index (Phi) is 6.36. The van der Waals surface area contributed by atoms with Crippen molar-refractivity contribution in [1.82, 2.24) is 0 Å². The predicted molar refractivity (Wildman–Crippen MR) is 148 cm³/mol. The summed E-state index contributed by atoms with van der Waals surface area (Å²) in [6, 6.07) is 25.4. The van der Waals surface area contributed by atoms with Crippen molar-refractivity contribution in [2.24, 2.45) is 11.8 Å². The van der Waals surface area contributed by atoms with Crippen molar-refractivity contribution in [3.05, 3.63) is 107 Å². The number of para-hydroxylation sites is 1. The van der Waals surface area contributed by atoms with Crippen molar-refractivity contribution in [2.75, 3.05) is 19.1 Å². The lowest BCUT2D eigenvalue weighted by Gasteiger charge is -2.39. The van der Waals surface area contributed by atoms with E-state index >= 15 is 0 Å². The molecule has 0 spiro atoms. The molecule has 0 radical (unpaired) electrons. The molecule has 1 fully saturated rings. The average Bonchev–Trinajstić information content (AvgIpc) is 3.22. The Labute approximate surface area is 223 Å². The van der Waals surface area contributed by atoms with E-state index in [0.717, 1.165) is 41.9 Å². The number of carbonyl (C=O) groups excluding carboxylic acids is 2. The number of hydrogen-bond acceptors (Lipinski definition) is 4. The van der Waals surface area contributed by atoms with Gasteiger partial charge in [0.2, 0.25) is 11.8 Å². The number of anilines is 1. The quantitative estimate of drug-likeness (QED) is 0.369. The van der Waals surface area contributed by atoms with Gasteiger partial charge in [0.05, 0.1) is 31.7 Å². The molecule has 0 bridgehead atoms. The highest BCUT2D eigenvalue weighted by Crippen LogP contribution is 2.55. The van der Waals surface area contributed by atoms with Crippen LogP contribution in [0.4, 0.5) is 5.69 Å². The van der Waals surface area contributed by atoms with Crippen LogP contribution in [0.15, 0.2) is 95.6 Å². The number of nitrogens with zero attached hydrogens (tertiary/aromatic N) is 1. The SMILES string of the molecule is COc1ccc(/C=C2\CCCC3=C2CC2C(=O)N(c4ccccc4)C(=O)C2C3c2ccc(OC)cc2)cc1. The van der Waals surface area contributed by atoms with Gasteiger partial charge in [-0.3, -0.25) is 14.5 Å². The molecular formula is C33H31NO4. The maximum absolute atomic E-state index is 14.0. The molecule has 0 N–H and O–H groups in total. The van der Waals surface area contributed by atoms with E-state index in [-0.39, 0.29) is 23.7 Å². The van der Waals surface area contributed by atoms with Crippen molar-refractivity contribution in [1.29, 1.82) is 0 Å². The number of fused-ring (bicyclic) bond motifs is 1. The molecule has 6 rings (SSSR count). The molecule has 2 amide bonds. The summed E-state index contributed by atoms with van der Waals surface area (Å²) in [7, 11) is 3.32. The normalized spacial score (nSPS) is 23.9. The van der Waals surface area contributed by atoms with Crippen LogP contribution in [0.25, 0.3) is 6.08 Å². The van der Waals surface area contributed by atoms with Crippen LogP contribution in [0, 0.1) is 11.8 Å². The number of benzene rings is 3. The zero-order valence-electron chi connectivity index (χ0n) is 21.7. The summed E-state index contributed by atoms with van der Waals surface area (Å²) in [4.78, 5) is 29.3. The molecule has 1 heterocycles. The second-order valence-electron chi connectivity index (χ2n) is 10.2. The molecule has 2 aliphatic carbocycles. The molecule has 3 unspecified atom stereocenters. The molecule has 192 valence electrons. The molecule has 3 aliphatic rings. The monoisotopic (exact) mass is 505 g/mol. The van der Waals surface area contributed by atoms with Gasteiger partial charge in [0.25, 0.3) is 0 Å². The van der Waals surface area contributed by atoms with Gasteiger partial charge >= 0.3 is 0 Å². The van der Waals surface area contributed by atoms with E-state index in [1.165, 1.54) is 21.6 Å². The largest absolute Gasteiger partial charge is 0.497 e. The fourth-order valence-electron chi connectivity index (χ4n) is 6.47. The number of allylic oxidation sites excluding steroid dienone is 3. The zero-order chi connectivity index (χ0) is 26.2. The number of rotatable bonds is 5. The van der Waals surface area contributed by atoms with Crippen LogP contribution in [0.1, 0.15) is 42.7 Å². The van der Waals surface area contributed by atoms with Gasteiger partial charge < -0.3 is 9.47 Å². The Morgan fingerprint density at radius 3 is 2.11 bits per heavy atom. The predicted octanol–water partition coefficient (Wildman–Crippen LogP) is 6.56. The third-order valence-electron chi connectivity index (χ3n) is 8.25. The second-order valence-corrected chi connectivity index (χ2v) is 10.2. The summed E-state index contributed by atoms with van der Waals surface area (Å²) >= 11 is 0. The first-order valence-electron chi connectivity index (χ1n) is 13.2. The summed E-state index contributed by atoms with van der Waals surface area (Å²) in [5, 5.41) is 0. The number of hydrogen-bond donors (Lipinski definition) is 0. The fraction of sp³-hybridized carbons (Fsp3) is 0.273. The summed E-state index contributed by atoms with van der Waals surface area (Å²) in [6.45, 7) is 0. The first kappa shape index (κ1) is 24.2. The topological polar surface area (TPSA) is 55.8 Å². The molecule has 5 nitrogen and oxygen atoms in total. The third kappa shape index (κ3) is 4.12. The molecule has 3 aromatic carbocycles. The van der Waals surface area contributed by atoms with E-state index in [1.54, 1.807) is 14.2 Å². The molecule has 38 heavy (non-hydrogen) atoms. The molecule has 3 atom stereocenters. The van der Waals surface area contributed by atoms with E-state index in [4.69, 9.17) is 9.47 Å². The molecule has 1 aliphatic heterocycles. The van der Waals surface area contributed by atoms with Crippen molar-refractivity contribution in [3.63, 3.8) is 0 Å². The Bertz CT molecular complexity index is 1420. The van der Waals surface area contributed by atoms with Crippen LogP contribution in [-0.4, -0.2) is 26.0 Å². The number of imide groups is 1. The molecule has 5 heteroatoms. The third-order valence-corrected chi connectivity index (χ3v) is 8.25. The van der Waals surface area contributed by atoms with Gasteiger partial charge in [-0.15, -0.1) is 0 Å². The molecule has 1 saturated heterocycles. The zero-order valence-corrected chi connectivity index (χ0v) is 21.7. The van der Waals surface area contributed by atoms with Gasteiger partial charge in [0.1, 0.15) is 11.5 Å². The van der Waals surface area contributed by atoms with Crippen molar-refractivity contribution >= 4 is 23.6 Å². The Morgan fingerprint density at radius 1 is 0.789 bits per heavy atom. The van der Waals surface area contributed by atoms with Gasteiger partial charge in [0, 0.05) is 5.92 Å². The van der Waals surface area contributed by atoms with Crippen LogP contribution in [0.2, 0.25) is 0 Å². The smallest absolute Gasteiger partial charge is 0.238 e. The number of ether oxygens (including phenoxy) is 2. The minimum Gasteiger partial charge on any atom is -0.497 e. The summed E-state index contributed by atoms with van der Waals surface area (Å²) in [6.07, 6.45) is 5.76. The van der Waals surface area contributed by atoms with E-state index < -0.39 is 5.92 Å². The number of carbonyl (C=O) groups is 2. The minimum atomic E-state index is -0.407. The fourth-order valence-corrected chi connectivity index (χ4v) is 6.47. The lowest BCUT2D eigenvalue weighted by molar-refractivity contribution is -0.122. The minimum absolute atomic E-state index is 0.0920. The van der Waals surface area contributed by atoms with Crippen LogP contribution >= 0.6 is 0 Å². The van der Waals surface area contributed by atoms with Crippen LogP contribution in [0.3, 0.4) is 0 Å². The number of amides is 2. The van der Waals surface area contributed by atoms with E-state index in [0.29, 0.717) is 12.1 Å². The Morgan fingerprint density at radius 2 is 1.45 bits per heavy atom. The first-order chi connectivity index (χ1) is 18.6. The highest BCUT2D eigenvalue weighted by atomic mass is 16.5.